The Balaban J connectivity index is 0.933. The number of aromatic nitrogens is 1. The highest BCUT2D eigenvalue weighted by Gasteiger charge is 2.40. The first kappa shape index (κ1) is 29.6. The van der Waals surface area contributed by atoms with E-state index in [1.807, 2.05) is 0 Å². The van der Waals surface area contributed by atoms with E-state index < -0.39 is 0 Å². The van der Waals surface area contributed by atoms with Gasteiger partial charge < -0.3 is 9.47 Å². The number of hydrogen-bond acceptors (Lipinski definition) is 1. The molecule has 10 rings (SSSR count). The molecule has 0 fully saturated rings. The molecule has 2 heteroatoms. The van der Waals surface area contributed by atoms with Crippen LogP contribution in [0.3, 0.4) is 0 Å². The summed E-state index contributed by atoms with van der Waals surface area (Å²) < 4.78 is 2.48. The van der Waals surface area contributed by atoms with Crippen molar-refractivity contribution in [1.29, 1.82) is 0 Å². The van der Waals surface area contributed by atoms with Gasteiger partial charge in [-0.15, -0.1) is 0 Å². The lowest BCUT2D eigenvalue weighted by molar-refractivity contribution is 0.572. The zero-order valence-electron chi connectivity index (χ0n) is 28.5. The minimum Gasteiger partial charge on any atom is -0.337 e. The molecule has 2 heterocycles. The highest BCUT2D eigenvalue weighted by Crippen LogP contribution is 2.51. The van der Waals surface area contributed by atoms with E-state index in [-0.39, 0.29) is 0 Å². The molecule has 0 bridgehead atoms. The number of para-hydroxylation sites is 2. The van der Waals surface area contributed by atoms with Crippen LogP contribution in [0.15, 0.2) is 146 Å². The smallest absolute Gasteiger partial charge is 0.0540 e. The first-order valence-electron chi connectivity index (χ1n) is 18.6. The van der Waals surface area contributed by atoms with E-state index in [1.165, 1.54) is 66.4 Å². The lowest BCUT2D eigenvalue weighted by atomic mass is 9.81. The Morgan fingerprint density at radius 2 is 1.48 bits per heavy atom. The molecule has 0 radical (unpaired) electrons. The Kier molecular flexibility index (Phi) is 7.22. The third-order valence-electron chi connectivity index (χ3n) is 11.8. The molecule has 244 valence electrons. The Morgan fingerprint density at radius 3 is 2.32 bits per heavy atom. The third-order valence-corrected chi connectivity index (χ3v) is 11.8. The van der Waals surface area contributed by atoms with Crippen LogP contribution in [0.4, 0.5) is 11.4 Å². The van der Waals surface area contributed by atoms with Gasteiger partial charge in [-0.3, -0.25) is 0 Å². The van der Waals surface area contributed by atoms with Gasteiger partial charge in [0.25, 0.3) is 0 Å². The average Bonchev–Trinajstić information content (AvgIpc) is 3.71. The molecule has 4 aliphatic carbocycles. The van der Waals surface area contributed by atoms with Crippen molar-refractivity contribution in [3.63, 3.8) is 0 Å². The van der Waals surface area contributed by atoms with E-state index in [1.54, 1.807) is 0 Å². The fourth-order valence-electron chi connectivity index (χ4n) is 9.32. The molecule has 2 nitrogen and oxygen atoms in total. The standard InChI is InChI=1S/C48H42N2/c1-3-11-33(12-4-1)34-23-27-40(28-24-34)50-46-18-10-8-16-42(46)44-32-38(26-30-48(44)50)36-21-19-35(20-22-36)37-25-29-47-43(31-37)41-15-7-9-17-45(41)49(47)39-13-5-2-6-14-39/h1,3-5,7-11,13-24,27-29,31-33,37,44,48H,2,6,12,25-26,30H2. The van der Waals surface area contributed by atoms with Crippen molar-refractivity contribution in [3.8, 4) is 0 Å². The van der Waals surface area contributed by atoms with Crippen molar-refractivity contribution in [1.82, 2.24) is 4.57 Å². The quantitative estimate of drug-likeness (QED) is 0.184. The number of rotatable bonds is 5. The van der Waals surface area contributed by atoms with E-state index in [9.17, 15) is 0 Å². The predicted octanol–water partition coefficient (Wildman–Crippen LogP) is 10.7. The Bertz CT molecular complexity index is 2390. The zero-order chi connectivity index (χ0) is 33.0. The summed E-state index contributed by atoms with van der Waals surface area (Å²) in [5.41, 5.74) is 12.4. The second-order valence-corrected chi connectivity index (χ2v) is 14.6. The number of benzene rings is 4. The van der Waals surface area contributed by atoms with E-state index in [2.05, 4.69) is 167 Å². The van der Waals surface area contributed by atoms with Gasteiger partial charge in [-0.1, -0.05) is 127 Å². The summed E-state index contributed by atoms with van der Waals surface area (Å²) >= 11 is 0. The van der Waals surface area contributed by atoms with Gasteiger partial charge in [-0.25, -0.2) is 0 Å². The molecule has 0 amide bonds. The van der Waals surface area contributed by atoms with Crippen LogP contribution < -0.4 is 15.5 Å². The largest absolute Gasteiger partial charge is 0.337 e. The summed E-state index contributed by atoms with van der Waals surface area (Å²) in [5.74, 6) is 1.25. The molecule has 4 aromatic carbocycles. The molecule has 50 heavy (non-hydrogen) atoms. The number of fused-ring (bicyclic) bond motifs is 6. The van der Waals surface area contributed by atoms with E-state index in [0.717, 1.165) is 38.5 Å². The minimum absolute atomic E-state index is 0.378. The molecule has 1 aliphatic heterocycles. The average molecular weight is 647 g/mol. The van der Waals surface area contributed by atoms with E-state index in [4.69, 9.17) is 0 Å². The minimum atomic E-state index is 0.378. The Labute approximate surface area is 295 Å². The second kappa shape index (κ2) is 12.2. The first-order chi connectivity index (χ1) is 24.8. The van der Waals surface area contributed by atoms with Gasteiger partial charge >= 0.3 is 0 Å². The fourth-order valence-corrected chi connectivity index (χ4v) is 9.32. The van der Waals surface area contributed by atoms with Gasteiger partial charge in [0.2, 0.25) is 0 Å². The third kappa shape index (κ3) is 4.92. The van der Waals surface area contributed by atoms with Crippen molar-refractivity contribution in [3.05, 3.63) is 178 Å². The number of anilines is 2. The van der Waals surface area contributed by atoms with Crippen LogP contribution in [-0.2, 0) is 0 Å². The lowest BCUT2D eigenvalue weighted by Gasteiger charge is -2.33. The fraction of sp³-hybridized carbons (Fsp3) is 0.208. The van der Waals surface area contributed by atoms with Crippen molar-refractivity contribution in [2.45, 2.75) is 62.3 Å². The Morgan fingerprint density at radius 1 is 0.660 bits per heavy atom. The maximum atomic E-state index is 2.62. The molecule has 5 aromatic rings. The van der Waals surface area contributed by atoms with Crippen LogP contribution in [0.2, 0.25) is 0 Å². The van der Waals surface area contributed by atoms with Crippen molar-refractivity contribution >= 4 is 45.7 Å². The van der Waals surface area contributed by atoms with Crippen LogP contribution >= 0.6 is 0 Å². The maximum Gasteiger partial charge on any atom is 0.0540 e. The van der Waals surface area contributed by atoms with Gasteiger partial charge in [0.15, 0.2) is 0 Å². The normalized spacial score (nSPS) is 23.4. The second-order valence-electron chi connectivity index (χ2n) is 14.6. The van der Waals surface area contributed by atoms with Crippen LogP contribution in [0.5, 0.6) is 0 Å². The van der Waals surface area contributed by atoms with Crippen LogP contribution in [0.25, 0.3) is 34.3 Å². The summed E-state index contributed by atoms with van der Waals surface area (Å²) in [6.07, 6.45) is 30.1. The SMILES string of the molecule is C1=CCC(c2ccc(N3c4ccccc4C4C=C(c5ccc(C6C=c7c(n(C8=CCCC=C8)c8ccccc78)=CC6)cc5)CCC43)cc2)C=C1. The van der Waals surface area contributed by atoms with Gasteiger partial charge in [0.05, 0.1) is 5.52 Å². The highest BCUT2D eigenvalue weighted by molar-refractivity contribution is 5.87. The van der Waals surface area contributed by atoms with Crippen LogP contribution in [0.1, 0.15) is 78.5 Å². The maximum absolute atomic E-state index is 2.62. The van der Waals surface area contributed by atoms with Crippen LogP contribution in [-0.4, -0.2) is 10.6 Å². The Hall–Kier alpha value is -5.34. The topological polar surface area (TPSA) is 8.17 Å². The van der Waals surface area contributed by atoms with Crippen molar-refractivity contribution in [2.24, 2.45) is 0 Å². The summed E-state index contributed by atoms with van der Waals surface area (Å²) in [7, 11) is 0. The highest BCUT2D eigenvalue weighted by atomic mass is 15.2. The monoisotopic (exact) mass is 646 g/mol. The zero-order valence-corrected chi connectivity index (χ0v) is 28.5. The lowest BCUT2D eigenvalue weighted by Crippen LogP contribution is -2.32. The molecular formula is C48H42N2. The molecule has 4 atom stereocenters. The van der Waals surface area contributed by atoms with Crippen molar-refractivity contribution < 1.29 is 0 Å². The van der Waals surface area contributed by atoms with Crippen molar-refractivity contribution in [2.75, 3.05) is 4.90 Å². The first-order valence-corrected chi connectivity index (χ1v) is 18.6. The van der Waals surface area contributed by atoms with Gasteiger partial charge in [0.1, 0.15) is 0 Å². The van der Waals surface area contributed by atoms with E-state index >= 15 is 0 Å². The number of allylic oxidation sites excluding steroid dienone is 9. The molecule has 0 N–H and O–H groups in total. The van der Waals surface area contributed by atoms with Crippen LogP contribution in [0, 0.1) is 0 Å². The predicted molar refractivity (Wildman–Crippen MR) is 211 cm³/mol. The number of hydrogen-bond donors (Lipinski definition) is 0. The summed E-state index contributed by atoms with van der Waals surface area (Å²) in [6.45, 7) is 0. The number of nitrogens with zero attached hydrogens (tertiary/aromatic N) is 2. The molecule has 0 spiro atoms. The summed E-state index contributed by atoms with van der Waals surface area (Å²) in [4.78, 5) is 2.62. The molecule has 1 aromatic heterocycles. The summed E-state index contributed by atoms with van der Waals surface area (Å²) in [6, 6.07) is 37.4. The molecule has 5 aliphatic rings. The molecular weight excluding hydrogens is 605 g/mol. The van der Waals surface area contributed by atoms with Gasteiger partial charge in [0, 0.05) is 56.8 Å². The van der Waals surface area contributed by atoms with Gasteiger partial charge in [-0.2, -0.15) is 0 Å². The molecule has 0 saturated carbocycles. The van der Waals surface area contributed by atoms with E-state index in [0.29, 0.717) is 23.8 Å². The molecule has 4 unspecified atom stereocenters. The summed E-state index contributed by atoms with van der Waals surface area (Å²) in [5, 5.41) is 4.07. The van der Waals surface area contributed by atoms with Gasteiger partial charge in [-0.05, 0) is 96.7 Å². The molecule has 0 saturated heterocycles.